The standard InChI is InChI=1S/C26H40N3O2/c1-3-26(4-2)25(30)29(24-15-11-10-12-21(24)20-28(26)31)23-16-18-27(19-17-23)22-13-8-6-5-7-9-14-22/h10-12,15,22-23H,3-9,13-14,16-20H2,1-2H3/q+1. The van der Waals surface area contributed by atoms with Gasteiger partial charge in [-0.3, -0.25) is 4.79 Å². The maximum absolute atomic E-state index is 13.9. The lowest BCUT2D eigenvalue weighted by molar-refractivity contribution is -0.626. The van der Waals surface area contributed by atoms with Gasteiger partial charge in [0.05, 0.1) is 5.69 Å². The van der Waals surface area contributed by atoms with E-state index in [2.05, 4.69) is 4.90 Å². The summed E-state index contributed by atoms with van der Waals surface area (Å²) < 4.78 is 1.07. The number of nitroso groups, excluding NO2 is 1. The largest absolute Gasteiger partial charge is 0.303 e. The predicted octanol–water partition coefficient (Wildman–Crippen LogP) is 5.45. The molecule has 31 heavy (non-hydrogen) atoms. The summed E-state index contributed by atoms with van der Waals surface area (Å²) in [7, 11) is 0. The molecule has 0 aromatic heterocycles. The lowest BCUT2D eigenvalue weighted by Crippen LogP contribution is -2.58. The van der Waals surface area contributed by atoms with Crippen molar-refractivity contribution in [3.8, 4) is 0 Å². The highest BCUT2D eigenvalue weighted by atomic mass is 16.3. The quantitative estimate of drug-likeness (QED) is 0.602. The third-order valence-corrected chi connectivity index (χ3v) is 8.28. The highest BCUT2D eigenvalue weighted by Gasteiger charge is 2.55. The van der Waals surface area contributed by atoms with Crippen LogP contribution in [0.1, 0.15) is 90.0 Å². The van der Waals surface area contributed by atoms with Crippen molar-refractivity contribution in [2.75, 3.05) is 18.0 Å². The van der Waals surface area contributed by atoms with Crippen LogP contribution >= 0.6 is 0 Å². The highest BCUT2D eigenvalue weighted by molar-refractivity contribution is 6.00. The topological polar surface area (TPSA) is 43.6 Å². The van der Waals surface area contributed by atoms with E-state index in [0.717, 1.165) is 48.0 Å². The number of benzene rings is 1. The number of likely N-dealkylation sites (tertiary alicyclic amines) is 1. The summed E-state index contributed by atoms with van der Waals surface area (Å²) >= 11 is 0. The summed E-state index contributed by atoms with van der Waals surface area (Å²) in [4.78, 5) is 31.9. The van der Waals surface area contributed by atoms with Crippen molar-refractivity contribution in [3.05, 3.63) is 34.7 Å². The predicted molar refractivity (Wildman–Crippen MR) is 125 cm³/mol. The first kappa shape index (κ1) is 22.4. The first-order valence-corrected chi connectivity index (χ1v) is 12.7. The van der Waals surface area contributed by atoms with E-state index in [1.54, 1.807) is 0 Å². The summed E-state index contributed by atoms with van der Waals surface area (Å²) in [5.41, 5.74) is 0.994. The molecule has 170 valence electrons. The van der Waals surface area contributed by atoms with E-state index in [1.165, 1.54) is 44.9 Å². The maximum atomic E-state index is 13.9. The molecule has 0 N–H and O–H groups in total. The molecule has 0 atom stereocenters. The fourth-order valence-electron chi connectivity index (χ4n) is 6.20. The fraction of sp³-hybridized carbons (Fsp3) is 0.731. The van der Waals surface area contributed by atoms with Crippen LogP contribution in [0.5, 0.6) is 0 Å². The van der Waals surface area contributed by atoms with Gasteiger partial charge in [0.1, 0.15) is 0 Å². The molecule has 2 aliphatic heterocycles. The SMILES string of the molecule is CCC1(CC)C(=O)N(C2CCN(C3CCCCCCC3)CC2)c2ccccc2C[N+]1=O. The van der Waals surface area contributed by atoms with Crippen molar-refractivity contribution in [2.45, 2.75) is 109 Å². The van der Waals surface area contributed by atoms with Crippen molar-refractivity contribution in [1.29, 1.82) is 0 Å². The maximum Gasteiger partial charge on any atom is 0.303 e. The second kappa shape index (κ2) is 9.81. The van der Waals surface area contributed by atoms with Crippen molar-refractivity contribution in [3.63, 3.8) is 0 Å². The lowest BCUT2D eigenvalue weighted by Gasteiger charge is -2.42. The minimum absolute atomic E-state index is 0.0156. The van der Waals surface area contributed by atoms with E-state index in [9.17, 15) is 9.70 Å². The summed E-state index contributed by atoms with van der Waals surface area (Å²) in [5, 5.41) is 0. The molecule has 0 unspecified atom stereocenters. The molecular weight excluding hydrogens is 386 g/mol. The third kappa shape index (κ3) is 4.30. The van der Waals surface area contributed by atoms with Crippen LogP contribution < -0.4 is 4.90 Å². The molecule has 4 rings (SSSR count). The molecule has 0 radical (unpaired) electrons. The number of rotatable bonds is 4. The molecule has 5 nitrogen and oxygen atoms in total. The number of hydrogen-bond donors (Lipinski definition) is 0. The van der Waals surface area contributed by atoms with Gasteiger partial charge in [-0.15, -0.1) is 0 Å². The Morgan fingerprint density at radius 3 is 2.16 bits per heavy atom. The Morgan fingerprint density at radius 2 is 1.52 bits per heavy atom. The Labute approximate surface area is 187 Å². The van der Waals surface area contributed by atoms with E-state index in [0.29, 0.717) is 19.4 Å². The van der Waals surface area contributed by atoms with Gasteiger partial charge in [0.25, 0.3) is 5.54 Å². The zero-order valence-electron chi connectivity index (χ0n) is 19.5. The molecule has 1 saturated heterocycles. The molecule has 1 aliphatic carbocycles. The van der Waals surface area contributed by atoms with E-state index < -0.39 is 5.54 Å². The Kier molecular flexibility index (Phi) is 7.10. The van der Waals surface area contributed by atoms with E-state index in [4.69, 9.17) is 0 Å². The monoisotopic (exact) mass is 426 g/mol. The van der Waals surface area contributed by atoms with Gasteiger partial charge >= 0.3 is 5.91 Å². The second-order valence-corrected chi connectivity index (χ2v) is 9.85. The fourth-order valence-corrected chi connectivity index (χ4v) is 6.20. The number of nitrogens with zero attached hydrogens (tertiary/aromatic N) is 3. The van der Waals surface area contributed by atoms with Gasteiger partial charge in [-0.05, 0) is 31.7 Å². The minimum Gasteiger partial charge on any atom is -0.303 e. The molecule has 1 aromatic rings. The van der Waals surface area contributed by atoms with Crippen LogP contribution in [0.2, 0.25) is 0 Å². The number of amides is 1. The molecular formula is C26H40N3O2+. The van der Waals surface area contributed by atoms with E-state index in [1.807, 2.05) is 43.0 Å². The van der Waals surface area contributed by atoms with Gasteiger partial charge in [-0.25, -0.2) is 0 Å². The zero-order valence-corrected chi connectivity index (χ0v) is 19.5. The number of anilines is 1. The molecule has 5 heteroatoms. The average molecular weight is 427 g/mol. The molecule has 2 heterocycles. The van der Waals surface area contributed by atoms with Crippen LogP contribution in [-0.4, -0.2) is 46.3 Å². The van der Waals surface area contributed by atoms with Crippen molar-refractivity contribution < 1.29 is 9.55 Å². The average Bonchev–Trinajstić information content (AvgIpc) is 2.85. The number of hydrogen-bond acceptors (Lipinski definition) is 3. The van der Waals surface area contributed by atoms with Crippen LogP contribution in [-0.2, 0) is 11.3 Å². The van der Waals surface area contributed by atoms with Crippen LogP contribution in [0.25, 0.3) is 0 Å². The Bertz CT molecular complexity index is 773. The van der Waals surface area contributed by atoms with E-state index in [-0.39, 0.29) is 11.9 Å². The van der Waals surface area contributed by atoms with Gasteiger partial charge < -0.3 is 9.80 Å². The lowest BCUT2D eigenvalue weighted by atomic mass is 9.89. The van der Waals surface area contributed by atoms with Crippen LogP contribution in [0.15, 0.2) is 24.3 Å². The zero-order chi connectivity index (χ0) is 21.8. The number of carbonyl (C=O) groups excluding carboxylic acids is 1. The van der Waals surface area contributed by atoms with Crippen LogP contribution in [0.4, 0.5) is 5.69 Å². The number of piperidine rings is 1. The summed E-state index contributed by atoms with van der Waals surface area (Å²) in [6.45, 7) is 6.39. The summed E-state index contributed by atoms with van der Waals surface area (Å²) in [6, 6.07) is 8.95. The Balaban J connectivity index is 1.56. The normalized spacial score (nSPS) is 24.4. The molecule has 2 fully saturated rings. The van der Waals surface area contributed by atoms with Gasteiger partial charge in [-0.2, -0.15) is 0 Å². The molecule has 0 bridgehead atoms. The van der Waals surface area contributed by atoms with Crippen molar-refractivity contribution >= 4 is 11.6 Å². The summed E-state index contributed by atoms with van der Waals surface area (Å²) in [6.07, 6.45) is 12.6. The first-order chi connectivity index (χ1) is 15.1. The smallest absolute Gasteiger partial charge is 0.303 e. The van der Waals surface area contributed by atoms with E-state index >= 15 is 0 Å². The van der Waals surface area contributed by atoms with Crippen LogP contribution in [0, 0.1) is 4.91 Å². The Morgan fingerprint density at radius 1 is 0.903 bits per heavy atom. The van der Waals surface area contributed by atoms with Crippen molar-refractivity contribution in [1.82, 2.24) is 4.90 Å². The third-order valence-electron chi connectivity index (χ3n) is 8.28. The van der Waals surface area contributed by atoms with Crippen LogP contribution in [0.3, 0.4) is 0 Å². The molecule has 3 aliphatic rings. The van der Waals surface area contributed by atoms with Gasteiger partial charge in [0.2, 0.25) is 6.54 Å². The molecule has 1 aromatic carbocycles. The number of carbonyl (C=O) groups is 1. The van der Waals surface area contributed by atoms with Crippen molar-refractivity contribution in [2.24, 2.45) is 0 Å². The molecule has 1 saturated carbocycles. The highest BCUT2D eigenvalue weighted by Crippen LogP contribution is 2.37. The number of fused-ring (bicyclic) bond motifs is 1. The first-order valence-electron chi connectivity index (χ1n) is 12.7. The Hall–Kier alpha value is -1.75. The second-order valence-electron chi connectivity index (χ2n) is 9.85. The minimum atomic E-state index is -0.949. The van der Waals surface area contributed by atoms with Gasteiger partial charge in [-0.1, -0.05) is 64.2 Å². The van der Waals surface area contributed by atoms with Gasteiger partial charge in [0.15, 0.2) is 0 Å². The summed E-state index contributed by atoms with van der Waals surface area (Å²) in [5.74, 6) is 0.0156. The molecule has 1 amide bonds. The molecule has 0 spiro atoms. The van der Waals surface area contributed by atoms with Gasteiger partial charge in [0, 0.05) is 53.2 Å². The number of para-hydroxylation sites is 1.